The number of nitrogens with one attached hydrogen (secondary N) is 2. The smallest absolute Gasteiger partial charge is 0.284 e. The first-order valence-electron chi connectivity index (χ1n) is 15.6. The van der Waals surface area contributed by atoms with Crippen molar-refractivity contribution in [3.05, 3.63) is 113 Å². The van der Waals surface area contributed by atoms with Gasteiger partial charge in [0.15, 0.2) is 11.4 Å². The Morgan fingerprint density at radius 3 is 2.42 bits per heavy atom. The molecule has 0 bridgehead atoms. The van der Waals surface area contributed by atoms with Crippen LogP contribution in [0.2, 0.25) is 0 Å². The molecule has 5 amide bonds. The molecule has 5 heterocycles. The second kappa shape index (κ2) is 13.3. The third-order valence-electron chi connectivity index (χ3n) is 8.50. The van der Waals surface area contributed by atoms with Crippen molar-refractivity contribution >= 4 is 35.2 Å². The van der Waals surface area contributed by atoms with Gasteiger partial charge in [-0.1, -0.05) is 18.2 Å². The average molecular weight is 680 g/mol. The molecule has 1 saturated heterocycles. The number of carbonyl (C=O) groups excluding carboxylic acids is 5. The van der Waals surface area contributed by atoms with E-state index in [0.29, 0.717) is 30.5 Å². The topological polar surface area (TPSA) is 169 Å². The number of hydrogen-bond acceptors (Lipinski definition) is 9. The number of aromatic nitrogens is 4. The summed E-state index contributed by atoms with van der Waals surface area (Å²) < 4.78 is 34.4. The fraction of sp³-hybridized carbons (Fsp3) is 0.200. The van der Waals surface area contributed by atoms with Crippen molar-refractivity contribution in [3.63, 3.8) is 0 Å². The van der Waals surface area contributed by atoms with Crippen LogP contribution in [-0.2, 0) is 22.4 Å². The molecule has 2 N–H and O–H groups in total. The Morgan fingerprint density at radius 2 is 1.68 bits per heavy atom. The van der Waals surface area contributed by atoms with Crippen LogP contribution < -0.4 is 10.6 Å². The molecule has 0 aliphatic carbocycles. The van der Waals surface area contributed by atoms with E-state index in [1.807, 2.05) is 12.1 Å². The Hall–Kier alpha value is -6.38. The van der Waals surface area contributed by atoms with Crippen LogP contribution >= 0.6 is 0 Å². The molecule has 1 fully saturated rings. The lowest BCUT2D eigenvalue weighted by Crippen LogP contribution is -2.54. The molecule has 0 radical (unpaired) electrons. The number of fused-ring (bicyclic) bond motifs is 1. The van der Waals surface area contributed by atoms with Crippen molar-refractivity contribution in [1.29, 1.82) is 0 Å². The van der Waals surface area contributed by atoms with Gasteiger partial charge >= 0.3 is 0 Å². The summed E-state index contributed by atoms with van der Waals surface area (Å²) in [6, 6.07) is 14.5. The molecular formula is C35H27F2N7O6. The third kappa shape index (κ3) is 6.27. The van der Waals surface area contributed by atoms with Crippen LogP contribution in [0.3, 0.4) is 0 Å². The number of carbonyl (C=O) groups is 5. The van der Waals surface area contributed by atoms with E-state index in [1.165, 1.54) is 10.9 Å². The van der Waals surface area contributed by atoms with Gasteiger partial charge in [0.05, 0.1) is 28.7 Å². The highest BCUT2D eigenvalue weighted by Crippen LogP contribution is 2.30. The SMILES string of the molecule is O=C1CCC(N2C(=O)c3ccc(CCCc4ccc(-n5cc(NC(=O)c6coc(-c7ccncc7)n6)c(C(F)F)n5)cc4)cc3C2=O)C(=O)N1. The molecule has 5 aromatic rings. The first kappa shape index (κ1) is 32.2. The third-order valence-corrected chi connectivity index (χ3v) is 8.50. The number of imide groups is 2. The van der Waals surface area contributed by atoms with Gasteiger partial charge in [0.25, 0.3) is 24.1 Å². The maximum atomic E-state index is 13.9. The fourth-order valence-corrected chi connectivity index (χ4v) is 5.95. The van der Waals surface area contributed by atoms with Crippen LogP contribution in [-0.4, -0.2) is 60.2 Å². The summed E-state index contributed by atoms with van der Waals surface area (Å²) in [7, 11) is 0. The minimum Gasteiger partial charge on any atom is -0.444 e. The summed E-state index contributed by atoms with van der Waals surface area (Å²) in [4.78, 5) is 71.7. The van der Waals surface area contributed by atoms with Crippen molar-refractivity contribution in [2.45, 2.75) is 44.6 Å². The van der Waals surface area contributed by atoms with E-state index in [1.54, 1.807) is 54.9 Å². The Bertz CT molecular complexity index is 2150. The predicted octanol–water partition coefficient (Wildman–Crippen LogP) is 4.69. The number of amides is 5. The molecule has 15 heteroatoms. The first-order valence-corrected chi connectivity index (χ1v) is 15.6. The lowest BCUT2D eigenvalue weighted by Gasteiger charge is -2.27. The highest BCUT2D eigenvalue weighted by molar-refractivity contribution is 6.23. The first-order chi connectivity index (χ1) is 24.2. The van der Waals surface area contributed by atoms with Crippen molar-refractivity contribution in [2.75, 3.05) is 5.32 Å². The minimum absolute atomic E-state index is 0.0494. The van der Waals surface area contributed by atoms with Crippen molar-refractivity contribution in [2.24, 2.45) is 0 Å². The highest BCUT2D eigenvalue weighted by atomic mass is 19.3. The largest absolute Gasteiger partial charge is 0.444 e. The molecule has 50 heavy (non-hydrogen) atoms. The Balaban J connectivity index is 0.974. The average Bonchev–Trinajstić information content (AvgIpc) is 3.83. The van der Waals surface area contributed by atoms with Crippen molar-refractivity contribution in [1.82, 2.24) is 30.0 Å². The number of hydrogen-bond donors (Lipinski definition) is 2. The summed E-state index contributed by atoms with van der Waals surface area (Å²) in [5, 5.41) is 8.64. The second-order valence-corrected chi connectivity index (χ2v) is 11.7. The number of benzene rings is 2. The second-order valence-electron chi connectivity index (χ2n) is 11.7. The monoisotopic (exact) mass is 679 g/mol. The Labute approximate surface area is 282 Å². The predicted molar refractivity (Wildman–Crippen MR) is 171 cm³/mol. The molecule has 252 valence electrons. The van der Waals surface area contributed by atoms with Gasteiger partial charge in [0.1, 0.15) is 12.3 Å². The molecular weight excluding hydrogens is 652 g/mol. The quantitative estimate of drug-likeness (QED) is 0.199. The van der Waals surface area contributed by atoms with Crippen LogP contribution in [0.4, 0.5) is 14.5 Å². The van der Waals surface area contributed by atoms with Crippen LogP contribution in [0.15, 0.2) is 83.9 Å². The number of oxazole rings is 1. The van der Waals surface area contributed by atoms with Crippen LogP contribution in [0, 0.1) is 0 Å². The fourth-order valence-electron chi connectivity index (χ4n) is 5.95. The van der Waals surface area contributed by atoms with E-state index in [9.17, 15) is 32.8 Å². The lowest BCUT2D eigenvalue weighted by atomic mass is 10.00. The number of pyridine rings is 1. The van der Waals surface area contributed by atoms with Gasteiger partial charge in [-0.2, -0.15) is 5.10 Å². The zero-order valence-electron chi connectivity index (χ0n) is 26.1. The molecule has 0 spiro atoms. The Kier molecular flexibility index (Phi) is 8.53. The van der Waals surface area contributed by atoms with E-state index in [2.05, 4.69) is 25.7 Å². The van der Waals surface area contributed by atoms with E-state index >= 15 is 0 Å². The van der Waals surface area contributed by atoms with Gasteiger partial charge in [-0.3, -0.25) is 39.2 Å². The van der Waals surface area contributed by atoms with Crippen LogP contribution in [0.25, 0.3) is 17.1 Å². The minimum atomic E-state index is -2.95. The summed E-state index contributed by atoms with van der Waals surface area (Å²) in [5.74, 6) is -2.75. The van der Waals surface area contributed by atoms with Gasteiger partial charge in [-0.15, -0.1) is 0 Å². The van der Waals surface area contributed by atoms with Crippen LogP contribution in [0.1, 0.15) is 73.7 Å². The summed E-state index contributed by atoms with van der Waals surface area (Å²) in [5.41, 5.74) is 2.50. The molecule has 0 saturated carbocycles. The number of anilines is 1. The number of rotatable bonds is 10. The summed E-state index contributed by atoms with van der Waals surface area (Å²) >= 11 is 0. The number of aryl methyl sites for hydroxylation is 2. The van der Waals surface area contributed by atoms with E-state index in [0.717, 1.165) is 22.3 Å². The highest BCUT2D eigenvalue weighted by Gasteiger charge is 2.44. The normalized spacial score (nSPS) is 15.8. The lowest BCUT2D eigenvalue weighted by molar-refractivity contribution is -0.136. The molecule has 7 rings (SSSR count). The molecule has 1 unspecified atom stereocenters. The number of halogens is 2. The van der Waals surface area contributed by atoms with Gasteiger partial charge in [0, 0.05) is 24.4 Å². The zero-order valence-corrected chi connectivity index (χ0v) is 26.1. The summed E-state index contributed by atoms with van der Waals surface area (Å²) in [6.45, 7) is 0. The molecule has 2 aliphatic heterocycles. The van der Waals surface area contributed by atoms with Crippen LogP contribution in [0.5, 0.6) is 0 Å². The molecule has 3 aromatic heterocycles. The van der Waals surface area contributed by atoms with E-state index < -0.39 is 47.7 Å². The van der Waals surface area contributed by atoms with Gasteiger partial charge in [-0.25, -0.2) is 18.4 Å². The molecule has 2 aliphatic rings. The maximum absolute atomic E-state index is 13.9. The van der Waals surface area contributed by atoms with E-state index in [4.69, 9.17) is 4.42 Å². The van der Waals surface area contributed by atoms with Crippen molar-refractivity contribution in [3.8, 4) is 17.1 Å². The van der Waals surface area contributed by atoms with Gasteiger partial charge in [-0.05, 0) is 73.2 Å². The van der Waals surface area contributed by atoms with Gasteiger partial charge < -0.3 is 9.73 Å². The van der Waals surface area contributed by atoms with E-state index in [-0.39, 0.29) is 41.2 Å². The number of piperidine rings is 1. The Morgan fingerprint density at radius 1 is 0.960 bits per heavy atom. The van der Waals surface area contributed by atoms with Crippen molar-refractivity contribution < 1.29 is 37.2 Å². The summed E-state index contributed by atoms with van der Waals surface area (Å²) in [6.07, 6.45) is 4.68. The molecule has 2 aromatic carbocycles. The zero-order chi connectivity index (χ0) is 34.9. The number of alkyl halides is 2. The maximum Gasteiger partial charge on any atom is 0.284 e. The standard InChI is InChI=1S/C35H27F2N7O6/c36-30(37)29-25(39-31(46)26-18-50-33(40-26)21-12-14-38-15-13-21)17-43(42-29)22-7-4-19(5-8-22)2-1-3-20-6-9-23-24(16-20)35(49)44(34(23)48)27-10-11-28(45)41-32(27)47/h4-9,12-18,27,30H,1-3,10-11H2,(H,39,46)(H,41,45,47). The number of nitrogens with zero attached hydrogens (tertiary/aromatic N) is 5. The molecule has 13 nitrogen and oxygen atoms in total. The van der Waals surface area contributed by atoms with Gasteiger partial charge in [0.2, 0.25) is 17.7 Å². The molecule has 1 atom stereocenters.